The lowest BCUT2D eigenvalue weighted by Crippen LogP contribution is -2.51. The summed E-state index contributed by atoms with van der Waals surface area (Å²) in [5.74, 6) is 0.964. The first-order valence-electron chi connectivity index (χ1n) is 9.97. The number of likely N-dealkylation sites (N-methyl/N-ethyl adjacent to an activating group) is 1. The molecule has 0 aromatic heterocycles. The van der Waals surface area contributed by atoms with Crippen LogP contribution in [0, 0.1) is 11.7 Å². The van der Waals surface area contributed by atoms with E-state index in [9.17, 15) is 4.39 Å². The van der Waals surface area contributed by atoms with Crippen LogP contribution in [0.1, 0.15) is 6.92 Å². The highest BCUT2D eigenvalue weighted by Crippen LogP contribution is 2.17. The van der Waals surface area contributed by atoms with Crippen molar-refractivity contribution in [2.45, 2.75) is 6.92 Å². The van der Waals surface area contributed by atoms with Gasteiger partial charge in [0.1, 0.15) is 5.82 Å². The molecule has 2 saturated heterocycles. The molecular formula is C20H34FIN6. The summed E-state index contributed by atoms with van der Waals surface area (Å²) in [5, 5.41) is 0. The van der Waals surface area contributed by atoms with Crippen molar-refractivity contribution in [3.05, 3.63) is 30.1 Å². The number of halogens is 2. The van der Waals surface area contributed by atoms with Gasteiger partial charge in [-0.2, -0.15) is 0 Å². The average Bonchev–Trinajstić information content (AvgIpc) is 2.69. The Morgan fingerprint density at radius 3 is 2.25 bits per heavy atom. The van der Waals surface area contributed by atoms with Crippen LogP contribution in [-0.2, 0) is 0 Å². The van der Waals surface area contributed by atoms with Gasteiger partial charge in [0.15, 0.2) is 5.96 Å². The van der Waals surface area contributed by atoms with Crippen LogP contribution in [0.15, 0.2) is 29.3 Å². The second-order valence-electron chi connectivity index (χ2n) is 7.86. The molecule has 0 bridgehead atoms. The van der Waals surface area contributed by atoms with Crippen molar-refractivity contribution in [1.29, 1.82) is 0 Å². The topological polar surface area (TPSA) is 51.3 Å². The molecule has 2 aliphatic rings. The smallest absolute Gasteiger partial charge is 0.191 e. The third-order valence-electron chi connectivity index (χ3n) is 5.53. The van der Waals surface area contributed by atoms with Crippen molar-refractivity contribution in [3.63, 3.8) is 0 Å². The lowest BCUT2D eigenvalue weighted by molar-refractivity contribution is 0.140. The summed E-state index contributed by atoms with van der Waals surface area (Å²) in [6, 6.07) is 6.70. The van der Waals surface area contributed by atoms with Gasteiger partial charge in [-0.05, 0) is 37.2 Å². The maximum absolute atomic E-state index is 13.1. The zero-order valence-electron chi connectivity index (χ0n) is 17.1. The van der Waals surface area contributed by atoms with Crippen molar-refractivity contribution >= 4 is 35.6 Å². The van der Waals surface area contributed by atoms with Gasteiger partial charge in [0.2, 0.25) is 0 Å². The van der Waals surface area contributed by atoms with Crippen LogP contribution >= 0.6 is 24.0 Å². The van der Waals surface area contributed by atoms with Crippen molar-refractivity contribution in [3.8, 4) is 0 Å². The number of nitrogens with two attached hydrogens (primary N) is 1. The van der Waals surface area contributed by atoms with Gasteiger partial charge in [-0.3, -0.25) is 4.99 Å². The Hall–Kier alpha value is -1.13. The second-order valence-corrected chi connectivity index (χ2v) is 7.86. The van der Waals surface area contributed by atoms with E-state index in [4.69, 9.17) is 5.73 Å². The molecule has 2 heterocycles. The molecule has 3 rings (SSSR count). The van der Waals surface area contributed by atoms with E-state index in [0.717, 1.165) is 71.1 Å². The number of hydrogen-bond donors (Lipinski definition) is 1. The van der Waals surface area contributed by atoms with Crippen LogP contribution in [0.5, 0.6) is 0 Å². The summed E-state index contributed by atoms with van der Waals surface area (Å²) in [7, 11) is 2.18. The largest absolute Gasteiger partial charge is 0.370 e. The molecular weight excluding hydrogens is 470 g/mol. The normalized spacial score (nSPS) is 20.8. The fraction of sp³-hybridized carbons (Fsp3) is 0.650. The van der Waals surface area contributed by atoms with Crippen LogP contribution < -0.4 is 10.6 Å². The fourth-order valence-electron chi connectivity index (χ4n) is 3.72. The quantitative estimate of drug-likeness (QED) is 0.377. The summed E-state index contributed by atoms with van der Waals surface area (Å²) >= 11 is 0. The number of rotatable bonds is 5. The monoisotopic (exact) mass is 504 g/mol. The first-order valence-corrected chi connectivity index (χ1v) is 9.97. The fourth-order valence-corrected chi connectivity index (χ4v) is 3.72. The number of piperazine rings is 2. The highest BCUT2D eigenvalue weighted by molar-refractivity contribution is 14.0. The van der Waals surface area contributed by atoms with Gasteiger partial charge >= 0.3 is 0 Å². The molecule has 0 saturated carbocycles. The summed E-state index contributed by atoms with van der Waals surface area (Å²) in [6.45, 7) is 12.1. The van der Waals surface area contributed by atoms with Crippen LogP contribution in [0.3, 0.4) is 0 Å². The molecule has 1 unspecified atom stereocenters. The Labute approximate surface area is 185 Å². The Morgan fingerprint density at radius 1 is 1.04 bits per heavy atom. The van der Waals surface area contributed by atoms with Gasteiger partial charge in [0.05, 0.1) is 0 Å². The molecule has 2 aliphatic heterocycles. The van der Waals surface area contributed by atoms with E-state index < -0.39 is 0 Å². The summed E-state index contributed by atoms with van der Waals surface area (Å²) < 4.78 is 13.1. The van der Waals surface area contributed by atoms with Crippen molar-refractivity contribution in [2.24, 2.45) is 16.6 Å². The number of nitrogens with zero attached hydrogens (tertiary/aromatic N) is 5. The Kier molecular flexibility index (Phi) is 9.23. The van der Waals surface area contributed by atoms with Crippen molar-refractivity contribution in [1.82, 2.24) is 14.7 Å². The van der Waals surface area contributed by atoms with Gasteiger partial charge in [-0.1, -0.05) is 6.92 Å². The van der Waals surface area contributed by atoms with Crippen LogP contribution in [-0.4, -0.2) is 93.2 Å². The molecule has 28 heavy (non-hydrogen) atoms. The molecule has 0 spiro atoms. The molecule has 1 aromatic rings. The summed E-state index contributed by atoms with van der Waals surface area (Å²) in [6.07, 6.45) is 0. The van der Waals surface area contributed by atoms with Gasteiger partial charge < -0.3 is 25.3 Å². The Morgan fingerprint density at radius 2 is 1.64 bits per heavy atom. The highest BCUT2D eigenvalue weighted by Gasteiger charge is 2.19. The maximum Gasteiger partial charge on any atom is 0.191 e. The first kappa shape index (κ1) is 23.2. The predicted molar refractivity (Wildman–Crippen MR) is 125 cm³/mol. The van der Waals surface area contributed by atoms with Crippen LogP contribution in [0.25, 0.3) is 0 Å². The Bertz CT molecular complexity index is 610. The molecule has 1 aromatic carbocycles. The lowest BCUT2D eigenvalue weighted by Gasteiger charge is -2.37. The summed E-state index contributed by atoms with van der Waals surface area (Å²) in [5.41, 5.74) is 7.30. The zero-order valence-corrected chi connectivity index (χ0v) is 19.4. The minimum Gasteiger partial charge on any atom is -0.370 e. The zero-order chi connectivity index (χ0) is 19.2. The minimum atomic E-state index is -0.195. The highest BCUT2D eigenvalue weighted by atomic mass is 127. The third kappa shape index (κ3) is 6.73. The van der Waals surface area contributed by atoms with Crippen LogP contribution in [0.2, 0.25) is 0 Å². The summed E-state index contributed by atoms with van der Waals surface area (Å²) in [4.78, 5) is 14.0. The molecule has 0 aliphatic carbocycles. The van der Waals surface area contributed by atoms with Gasteiger partial charge in [0.25, 0.3) is 0 Å². The van der Waals surface area contributed by atoms with Crippen molar-refractivity contribution in [2.75, 3.05) is 77.4 Å². The van der Waals surface area contributed by atoms with E-state index in [1.807, 2.05) is 12.1 Å². The molecule has 8 heteroatoms. The molecule has 2 fully saturated rings. The van der Waals surface area contributed by atoms with Crippen molar-refractivity contribution < 1.29 is 4.39 Å². The SMILES string of the molecule is CC(CN=C(N)N1CCN(c2ccc(F)cc2)CC1)CN1CCN(C)CC1.I. The van der Waals surface area contributed by atoms with E-state index >= 15 is 0 Å². The van der Waals surface area contributed by atoms with E-state index in [2.05, 4.69) is 38.6 Å². The van der Waals surface area contributed by atoms with E-state index in [1.165, 1.54) is 12.1 Å². The third-order valence-corrected chi connectivity index (χ3v) is 5.53. The lowest BCUT2D eigenvalue weighted by atomic mass is 10.1. The number of benzene rings is 1. The number of aliphatic imine (C=N–C) groups is 1. The van der Waals surface area contributed by atoms with Gasteiger partial charge in [0, 0.05) is 71.1 Å². The standard InChI is InChI=1S/C20H33FN6.HI/c1-17(16-25-9-7-24(2)8-10-25)15-23-20(22)27-13-11-26(12-14-27)19-5-3-18(21)4-6-19;/h3-6,17H,7-16H2,1-2H3,(H2,22,23);1H. The molecule has 1 atom stereocenters. The molecule has 2 N–H and O–H groups in total. The number of guanidine groups is 1. The Balaban J connectivity index is 0.00000280. The maximum atomic E-state index is 13.1. The predicted octanol–water partition coefficient (Wildman–Crippen LogP) is 1.76. The van der Waals surface area contributed by atoms with Gasteiger partial charge in [-0.15, -0.1) is 24.0 Å². The van der Waals surface area contributed by atoms with E-state index in [-0.39, 0.29) is 29.8 Å². The molecule has 0 amide bonds. The van der Waals surface area contributed by atoms with Crippen LogP contribution in [0.4, 0.5) is 10.1 Å². The van der Waals surface area contributed by atoms with E-state index in [0.29, 0.717) is 11.9 Å². The first-order chi connectivity index (χ1) is 13.0. The molecule has 6 nitrogen and oxygen atoms in total. The van der Waals surface area contributed by atoms with E-state index in [1.54, 1.807) is 0 Å². The second kappa shape index (κ2) is 11.2. The number of anilines is 1. The molecule has 158 valence electrons. The molecule has 0 radical (unpaired) electrons. The van der Waals surface area contributed by atoms with Gasteiger partial charge in [-0.25, -0.2) is 4.39 Å². The number of hydrogen-bond acceptors (Lipinski definition) is 4. The minimum absolute atomic E-state index is 0. The average molecular weight is 504 g/mol.